The fourth-order valence-corrected chi connectivity index (χ4v) is 1.69. The van der Waals surface area contributed by atoms with Gasteiger partial charge in [-0.25, -0.2) is 4.98 Å². The highest BCUT2D eigenvalue weighted by atomic mass is 16.3. The first kappa shape index (κ1) is 9.27. The Hall–Kier alpha value is -1.29. The van der Waals surface area contributed by atoms with E-state index in [1.807, 2.05) is 0 Å². The van der Waals surface area contributed by atoms with Crippen molar-refractivity contribution in [3.63, 3.8) is 0 Å². The normalized spacial score (nSPS) is 17.9. The number of pyridine rings is 1. The lowest BCUT2D eigenvalue weighted by Crippen LogP contribution is -2.28. The second-order valence-electron chi connectivity index (χ2n) is 3.44. The molecule has 1 fully saturated rings. The van der Waals surface area contributed by atoms with Crippen molar-refractivity contribution in [1.29, 1.82) is 0 Å². The minimum absolute atomic E-state index is 0.273. The summed E-state index contributed by atoms with van der Waals surface area (Å²) in [6.45, 7) is 3.86. The topological polar surface area (TPSA) is 48.4 Å². The molecule has 76 valence electrons. The van der Waals surface area contributed by atoms with E-state index in [-0.39, 0.29) is 5.75 Å². The van der Waals surface area contributed by atoms with Crippen LogP contribution in [0.3, 0.4) is 0 Å². The van der Waals surface area contributed by atoms with Crippen LogP contribution in [-0.4, -0.2) is 36.3 Å². The van der Waals surface area contributed by atoms with Gasteiger partial charge in [0.1, 0.15) is 0 Å². The van der Waals surface area contributed by atoms with Crippen molar-refractivity contribution < 1.29 is 5.11 Å². The highest BCUT2D eigenvalue weighted by Crippen LogP contribution is 2.23. The molecule has 4 heteroatoms. The number of aromatic hydroxyl groups is 1. The fourth-order valence-electron chi connectivity index (χ4n) is 1.69. The average molecular weight is 193 g/mol. The van der Waals surface area contributed by atoms with Gasteiger partial charge in [0.2, 0.25) is 0 Å². The molecule has 2 N–H and O–H groups in total. The second-order valence-corrected chi connectivity index (χ2v) is 3.44. The van der Waals surface area contributed by atoms with E-state index < -0.39 is 0 Å². The third-order valence-electron chi connectivity index (χ3n) is 2.41. The van der Waals surface area contributed by atoms with Gasteiger partial charge in [0, 0.05) is 25.8 Å². The summed E-state index contributed by atoms with van der Waals surface area (Å²) in [5.74, 6) is 0.977. The van der Waals surface area contributed by atoms with Crippen molar-refractivity contribution in [3.05, 3.63) is 18.3 Å². The van der Waals surface area contributed by atoms with E-state index in [0.717, 1.165) is 32.6 Å². The maximum Gasteiger partial charge on any atom is 0.171 e. The van der Waals surface area contributed by atoms with Crippen molar-refractivity contribution in [2.24, 2.45) is 0 Å². The molecular weight excluding hydrogens is 178 g/mol. The Morgan fingerprint density at radius 2 is 2.29 bits per heavy atom. The zero-order valence-corrected chi connectivity index (χ0v) is 8.11. The van der Waals surface area contributed by atoms with Crippen molar-refractivity contribution in [1.82, 2.24) is 10.3 Å². The summed E-state index contributed by atoms with van der Waals surface area (Å²) in [6, 6.07) is 3.43. The molecule has 1 aromatic heterocycles. The third-order valence-corrected chi connectivity index (χ3v) is 2.41. The van der Waals surface area contributed by atoms with E-state index >= 15 is 0 Å². The number of anilines is 1. The van der Waals surface area contributed by atoms with E-state index in [4.69, 9.17) is 0 Å². The minimum atomic E-state index is 0.273. The molecule has 4 nitrogen and oxygen atoms in total. The van der Waals surface area contributed by atoms with Crippen molar-refractivity contribution >= 4 is 5.82 Å². The van der Waals surface area contributed by atoms with Crippen molar-refractivity contribution in [2.75, 3.05) is 31.1 Å². The van der Waals surface area contributed by atoms with Crippen LogP contribution in [0.1, 0.15) is 6.42 Å². The van der Waals surface area contributed by atoms with E-state index in [9.17, 15) is 5.11 Å². The Bertz CT molecular complexity index is 295. The highest BCUT2D eigenvalue weighted by molar-refractivity contribution is 5.51. The van der Waals surface area contributed by atoms with E-state index in [0.29, 0.717) is 5.82 Å². The summed E-state index contributed by atoms with van der Waals surface area (Å²) in [7, 11) is 0. The largest absolute Gasteiger partial charge is 0.504 e. The predicted molar refractivity (Wildman–Crippen MR) is 55.6 cm³/mol. The molecule has 0 unspecified atom stereocenters. The van der Waals surface area contributed by atoms with Crippen LogP contribution in [0.2, 0.25) is 0 Å². The quantitative estimate of drug-likeness (QED) is 0.685. The standard InChI is InChI=1S/C10H15N3O/c14-9-3-1-5-12-10(9)13-7-2-4-11-6-8-13/h1,3,5,11,14H,2,4,6-8H2. The van der Waals surface area contributed by atoms with Crippen LogP contribution >= 0.6 is 0 Å². The second kappa shape index (κ2) is 4.28. The summed E-state index contributed by atoms with van der Waals surface area (Å²) in [5, 5.41) is 12.9. The van der Waals surface area contributed by atoms with Gasteiger partial charge in [-0.2, -0.15) is 0 Å². The molecule has 2 heterocycles. The van der Waals surface area contributed by atoms with Crippen molar-refractivity contribution in [2.45, 2.75) is 6.42 Å². The SMILES string of the molecule is Oc1cccnc1N1CCCNCC1. The third kappa shape index (κ3) is 1.96. The molecule has 1 aliphatic heterocycles. The lowest BCUT2D eigenvalue weighted by atomic mass is 10.3. The summed E-state index contributed by atoms with van der Waals surface area (Å²) in [5.41, 5.74) is 0. The van der Waals surface area contributed by atoms with Crippen LogP contribution in [0.25, 0.3) is 0 Å². The fraction of sp³-hybridized carbons (Fsp3) is 0.500. The molecule has 1 saturated heterocycles. The first-order chi connectivity index (χ1) is 6.88. The van der Waals surface area contributed by atoms with E-state index in [1.165, 1.54) is 0 Å². The monoisotopic (exact) mass is 193 g/mol. The maximum atomic E-state index is 9.63. The van der Waals surface area contributed by atoms with Crippen LogP contribution in [-0.2, 0) is 0 Å². The van der Waals surface area contributed by atoms with Gasteiger partial charge in [-0.15, -0.1) is 0 Å². The summed E-state index contributed by atoms with van der Waals surface area (Å²) < 4.78 is 0. The lowest BCUT2D eigenvalue weighted by Gasteiger charge is -2.21. The zero-order chi connectivity index (χ0) is 9.80. The van der Waals surface area contributed by atoms with Gasteiger partial charge < -0.3 is 15.3 Å². The Balaban J connectivity index is 2.16. The van der Waals surface area contributed by atoms with Crippen LogP contribution in [0.4, 0.5) is 5.82 Å². The molecular formula is C10H15N3O. The molecule has 0 aliphatic carbocycles. The molecule has 1 aromatic rings. The Kier molecular flexibility index (Phi) is 2.84. The highest BCUT2D eigenvalue weighted by Gasteiger charge is 2.13. The molecule has 0 atom stereocenters. The molecule has 2 rings (SSSR count). The lowest BCUT2D eigenvalue weighted by molar-refractivity contribution is 0.471. The number of nitrogens with one attached hydrogen (secondary N) is 1. The zero-order valence-electron chi connectivity index (χ0n) is 8.11. The average Bonchev–Trinajstić information content (AvgIpc) is 2.47. The molecule has 0 spiro atoms. The number of rotatable bonds is 1. The Labute approximate surface area is 83.6 Å². The van der Waals surface area contributed by atoms with Gasteiger partial charge in [0.15, 0.2) is 11.6 Å². The number of hydrogen-bond donors (Lipinski definition) is 2. The molecule has 14 heavy (non-hydrogen) atoms. The van der Waals surface area contributed by atoms with Gasteiger partial charge in [-0.1, -0.05) is 0 Å². The van der Waals surface area contributed by atoms with Crippen LogP contribution in [0.15, 0.2) is 18.3 Å². The van der Waals surface area contributed by atoms with Crippen LogP contribution in [0, 0.1) is 0 Å². The smallest absolute Gasteiger partial charge is 0.171 e. The molecule has 0 aromatic carbocycles. The Morgan fingerprint density at radius 1 is 1.36 bits per heavy atom. The first-order valence-electron chi connectivity index (χ1n) is 4.97. The van der Waals surface area contributed by atoms with Gasteiger partial charge in [-0.3, -0.25) is 0 Å². The first-order valence-corrected chi connectivity index (χ1v) is 4.97. The molecule has 1 aliphatic rings. The summed E-state index contributed by atoms with van der Waals surface area (Å²) in [6.07, 6.45) is 2.81. The van der Waals surface area contributed by atoms with Crippen LogP contribution < -0.4 is 10.2 Å². The number of nitrogens with zero attached hydrogens (tertiary/aromatic N) is 2. The number of aromatic nitrogens is 1. The van der Waals surface area contributed by atoms with E-state index in [2.05, 4.69) is 15.2 Å². The van der Waals surface area contributed by atoms with Gasteiger partial charge in [0.05, 0.1) is 0 Å². The van der Waals surface area contributed by atoms with E-state index in [1.54, 1.807) is 18.3 Å². The van der Waals surface area contributed by atoms with Gasteiger partial charge >= 0.3 is 0 Å². The predicted octanol–water partition coefficient (Wildman–Crippen LogP) is 0.587. The van der Waals surface area contributed by atoms with Gasteiger partial charge in [0.25, 0.3) is 0 Å². The van der Waals surface area contributed by atoms with Crippen LogP contribution in [0.5, 0.6) is 5.75 Å². The number of hydrogen-bond acceptors (Lipinski definition) is 4. The molecule has 0 bridgehead atoms. The molecule has 0 amide bonds. The minimum Gasteiger partial charge on any atom is -0.504 e. The summed E-state index contributed by atoms with van der Waals surface area (Å²) in [4.78, 5) is 6.31. The van der Waals surface area contributed by atoms with Gasteiger partial charge in [-0.05, 0) is 25.1 Å². The Morgan fingerprint density at radius 3 is 3.14 bits per heavy atom. The molecule has 0 radical (unpaired) electrons. The maximum absolute atomic E-state index is 9.63. The summed E-state index contributed by atoms with van der Waals surface area (Å²) >= 11 is 0. The molecule has 0 saturated carbocycles. The van der Waals surface area contributed by atoms with Crippen molar-refractivity contribution in [3.8, 4) is 5.75 Å².